The Kier molecular flexibility index (Phi) is 3.33. The largest absolute Gasteiger partial charge is 0.368 e. The van der Waals surface area contributed by atoms with Gasteiger partial charge in [0, 0.05) is 6.20 Å². The lowest BCUT2D eigenvalue weighted by Gasteiger charge is -2.09. The minimum Gasteiger partial charge on any atom is -0.368 e. The highest BCUT2D eigenvalue weighted by atomic mass is 19.1. The quantitative estimate of drug-likeness (QED) is 0.727. The zero-order chi connectivity index (χ0) is 11.4. The molecule has 15 heavy (non-hydrogen) atoms. The fourth-order valence-electron chi connectivity index (χ4n) is 0.905. The van der Waals surface area contributed by atoms with Crippen LogP contribution in [-0.4, -0.2) is 22.8 Å². The first-order valence-corrected chi connectivity index (χ1v) is 4.22. The molecule has 1 atom stereocenters. The number of nitrogens with zero attached hydrogens (tertiary/aromatic N) is 1. The van der Waals surface area contributed by atoms with Crippen molar-refractivity contribution in [2.75, 3.05) is 0 Å². The van der Waals surface area contributed by atoms with Crippen molar-refractivity contribution in [2.24, 2.45) is 5.73 Å². The Balaban J connectivity index is 2.78. The zero-order valence-corrected chi connectivity index (χ0v) is 8.03. The number of nitrogens with two attached hydrogens (primary N) is 1. The Hall–Kier alpha value is -1.98. The second kappa shape index (κ2) is 4.50. The van der Waals surface area contributed by atoms with Gasteiger partial charge in [-0.25, -0.2) is 4.39 Å². The molecule has 0 aliphatic rings. The molecule has 0 radical (unpaired) electrons. The topological polar surface area (TPSA) is 85.1 Å². The van der Waals surface area contributed by atoms with Gasteiger partial charge in [0.1, 0.15) is 6.04 Å². The standard InChI is InChI=1S/C9H10FN3O2/c1-5(8(11)14)13-9(15)6-2-3-12-4-7(6)10/h2-5H,1H3,(H2,11,14)(H,13,15). The number of carbonyl (C=O) groups excluding carboxylic acids is 2. The molecule has 0 saturated carbocycles. The number of carbonyl (C=O) groups is 2. The molecule has 0 spiro atoms. The van der Waals surface area contributed by atoms with Crippen molar-refractivity contribution in [3.8, 4) is 0 Å². The van der Waals surface area contributed by atoms with Gasteiger partial charge < -0.3 is 11.1 Å². The maximum absolute atomic E-state index is 13.1. The highest BCUT2D eigenvalue weighted by Gasteiger charge is 2.16. The molecular weight excluding hydrogens is 201 g/mol. The number of primary amides is 1. The van der Waals surface area contributed by atoms with Crippen molar-refractivity contribution < 1.29 is 14.0 Å². The van der Waals surface area contributed by atoms with Crippen molar-refractivity contribution in [1.29, 1.82) is 0 Å². The average molecular weight is 211 g/mol. The SMILES string of the molecule is CC(NC(=O)c1ccncc1F)C(N)=O. The number of halogens is 1. The summed E-state index contributed by atoms with van der Waals surface area (Å²) in [5.41, 5.74) is 4.77. The number of rotatable bonds is 3. The highest BCUT2D eigenvalue weighted by molar-refractivity contribution is 5.97. The maximum Gasteiger partial charge on any atom is 0.255 e. The van der Waals surface area contributed by atoms with E-state index in [1.54, 1.807) is 0 Å². The highest BCUT2D eigenvalue weighted by Crippen LogP contribution is 2.04. The smallest absolute Gasteiger partial charge is 0.255 e. The van der Waals surface area contributed by atoms with E-state index in [4.69, 9.17) is 5.73 Å². The van der Waals surface area contributed by atoms with Crippen molar-refractivity contribution in [3.63, 3.8) is 0 Å². The van der Waals surface area contributed by atoms with Crippen LogP contribution in [0.15, 0.2) is 18.5 Å². The van der Waals surface area contributed by atoms with Crippen molar-refractivity contribution in [3.05, 3.63) is 29.8 Å². The van der Waals surface area contributed by atoms with Crippen LogP contribution in [0.25, 0.3) is 0 Å². The van der Waals surface area contributed by atoms with Gasteiger partial charge in [-0.15, -0.1) is 0 Å². The fourth-order valence-corrected chi connectivity index (χ4v) is 0.905. The summed E-state index contributed by atoms with van der Waals surface area (Å²) in [5.74, 6) is -2.12. The first kappa shape index (κ1) is 11.1. The lowest BCUT2D eigenvalue weighted by Crippen LogP contribution is -2.42. The fraction of sp³-hybridized carbons (Fsp3) is 0.222. The van der Waals surface area contributed by atoms with Crippen LogP contribution >= 0.6 is 0 Å². The summed E-state index contributed by atoms with van der Waals surface area (Å²) in [7, 11) is 0. The summed E-state index contributed by atoms with van der Waals surface area (Å²) < 4.78 is 13.1. The van der Waals surface area contributed by atoms with E-state index >= 15 is 0 Å². The zero-order valence-electron chi connectivity index (χ0n) is 8.03. The summed E-state index contributed by atoms with van der Waals surface area (Å²) in [6, 6.07) is 0.378. The van der Waals surface area contributed by atoms with Crippen LogP contribution in [-0.2, 0) is 4.79 Å². The van der Waals surface area contributed by atoms with Crippen LogP contribution in [0.1, 0.15) is 17.3 Å². The monoisotopic (exact) mass is 211 g/mol. The first-order chi connectivity index (χ1) is 7.02. The van der Waals surface area contributed by atoms with E-state index in [1.165, 1.54) is 19.2 Å². The maximum atomic E-state index is 13.1. The van der Waals surface area contributed by atoms with Crippen LogP contribution in [0.4, 0.5) is 4.39 Å². The van der Waals surface area contributed by atoms with Crippen LogP contribution in [0, 0.1) is 5.82 Å². The summed E-state index contributed by atoms with van der Waals surface area (Å²) >= 11 is 0. The Morgan fingerprint density at radius 1 is 1.60 bits per heavy atom. The number of hydrogen-bond acceptors (Lipinski definition) is 3. The van der Waals surface area contributed by atoms with Crippen molar-refractivity contribution in [1.82, 2.24) is 10.3 Å². The Morgan fingerprint density at radius 2 is 2.27 bits per heavy atom. The lowest BCUT2D eigenvalue weighted by atomic mass is 10.2. The second-order valence-electron chi connectivity index (χ2n) is 2.95. The average Bonchev–Trinajstić information content (AvgIpc) is 2.18. The predicted octanol–water partition coefficient (Wildman–Crippen LogP) is -0.176. The number of nitrogens with one attached hydrogen (secondary N) is 1. The number of amides is 2. The molecule has 5 nitrogen and oxygen atoms in total. The molecular formula is C9H10FN3O2. The van der Waals surface area contributed by atoms with Crippen LogP contribution < -0.4 is 11.1 Å². The molecule has 0 saturated heterocycles. The molecule has 1 aromatic rings. The normalized spacial score (nSPS) is 11.9. The van der Waals surface area contributed by atoms with E-state index in [0.29, 0.717) is 0 Å². The predicted molar refractivity (Wildman–Crippen MR) is 50.3 cm³/mol. The molecule has 80 valence electrons. The minimum absolute atomic E-state index is 0.168. The van der Waals surface area contributed by atoms with Gasteiger partial charge in [0.05, 0.1) is 11.8 Å². The second-order valence-corrected chi connectivity index (χ2v) is 2.95. The molecule has 1 heterocycles. The van der Waals surface area contributed by atoms with Crippen LogP contribution in [0.3, 0.4) is 0 Å². The lowest BCUT2D eigenvalue weighted by molar-refractivity contribution is -0.119. The van der Waals surface area contributed by atoms with Gasteiger partial charge in [0.25, 0.3) is 5.91 Å². The molecule has 0 fully saturated rings. The van der Waals surface area contributed by atoms with Gasteiger partial charge >= 0.3 is 0 Å². The third kappa shape index (κ3) is 2.73. The third-order valence-electron chi connectivity index (χ3n) is 1.79. The molecule has 6 heteroatoms. The summed E-state index contributed by atoms with van der Waals surface area (Å²) in [5, 5.41) is 2.26. The number of pyridine rings is 1. The van der Waals surface area contributed by atoms with E-state index in [0.717, 1.165) is 6.20 Å². The van der Waals surface area contributed by atoms with Gasteiger partial charge in [-0.1, -0.05) is 0 Å². The number of hydrogen-bond donors (Lipinski definition) is 2. The van der Waals surface area contributed by atoms with E-state index in [9.17, 15) is 14.0 Å². The molecule has 2 amide bonds. The molecule has 1 aromatic heterocycles. The molecule has 0 aliphatic carbocycles. The van der Waals surface area contributed by atoms with Gasteiger partial charge in [-0.2, -0.15) is 0 Å². The van der Waals surface area contributed by atoms with Gasteiger partial charge in [0.2, 0.25) is 5.91 Å². The van der Waals surface area contributed by atoms with E-state index in [1.807, 2.05) is 0 Å². The molecule has 3 N–H and O–H groups in total. The molecule has 0 bridgehead atoms. The summed E-state index contributed by atoms with van der Waals surface area (Å²) in [4.78, 5) is 25.5. The van der Waals surface area contributed by atoms with E-state index < -0.39 is 23.7 Å². The molecule has 0 aliphatic heterocycles. The Bertz CT molecular complexity index is 395. The summed E-state index contributed by atoms with van der Waals surface area (Å²) in [6.07, 6.45) is 2.21. The Labute approximate surface area is 85.5 Å². The third-order valence-corrected chi connectivity index (χ3v) is 1.79. The van der Waals surface area contributed by atoms with Gasteiger partial charge in [-0.05, 0) is 13.0 Å². The molecule has 0 aromatic carbocycles. The van der Waals surface area contributed by atoms with Crippen molar-refractivity contribution in [2.45, 2.75) is 13.0 Å². The van der Waals surface area contributed by atoms with Gasteiger partial charge in [0.15, 0.2) is 5.82 Å². The van der Waals surface area contributed by atoms with Crippen molar-refractivity contribution >= 4 is 11.8 Å². The van der Waals surface area contributed by atoms with Gasteiger partial charge in [-0.3, -0.25) is 14.6 Å². The van der Waals surface area contributed by atoms with E-state index in [2.05, 4.69) is 10.3 Å². The molecule has 1 unspecified atom stereocenters. The van der Waals surface area contributed by atoms with Crippen LogP contribution in [0.2, 0.25) is 0 Å². The first-order valence-electron chi connectivity index (χ1n) is 4.22. The van der Waals surface area contributed by atoms with Crippen LogP contribution in [0.5, 0.6) is 0 Å². The van der Waals surface area contributed by atoms with E-state index in [-0.39, 0.29) is 5.56 Å². The Morgan fingerprint density at radius 3 is 2.80 bits per heavy atom. The number of aromatic nitrogens is 1. The minimum atomic E-state index is -0.843. The summed E-state index contributed by atoms with van der Waals surface area (Å²) in [6.45, 7) is 1.42. The molecule has 1 rings (SSSR count).